The van der Waals surface area contributed by atoms with E-state index in [0.717, 1.165) is 5.56 Å². The second-order valence-corrected chi connectivity index (χ2v) is 3.71. The number of hydrogen-bond acceptors (Lipinski definition) is 4. The van der Waals surface area contributed by atoms with Crippen LogP contribution in [0.2, 0.25) is 0 Å². The summed E-state index contributed by atoms with van der Waals surface area (Å²) in [5, 5.41) is 12.2. The first kappa shape index (κ1) is 10.7. The third kappa shape index (κ3) is 2.06. The molecule has 0 aliphatic carbocycles. The molecule has 2 rings (SSSR count). The van der Waals surface area contributed by atoms with Crippen LogP contribution in [-0.4, -0.2) is 40.7 Å². The lowest BCUT2D eigenvalue weighted by atomic mass is 10.1. The number of nitrogens with one attached hydrogen (secondary N) is 1. The van der Waals surface area contributed by atoms with Crippen molar-refractivity contribution in [2.45, 2.75) is 6.04 Å². The maximum atomic E-state index is 11.1. The number of nitrogens with two attached hydrogens (primary N) is 1. The van der Waals surface area contributed by atoms with Gasteiger partial charge in [-0.25, -0.2) is 9.78 Å². The van der Waals surface area contributed by atoms with Crippen LogP contribution in [0.5, 0.6) is 0 Å². The Morgan fingerprint density at radius 1 is 1.62 bits per heavy atom. The molecule has 1 unspecified atom stereocenters. The first-order valence-electron chi connectivity index (χ1n) is 5.10. The van der Waals surface area contributed by atoms with E-state index in [0.29, 0.717) is 25.5 Å². The van der Waals surface area contributed by atoms with Gasteiger partial charge in [0.1, 0.15) is 5.82 Å². The highest BCUT2D eigenvalue weighted by molar-refractivity contribution is 5.66. The summed E-state index contributed by atoms with van der Waals surface area (Å²) in [5.74, 6) is 0.439. The van der Waals surface area contributed by atoms with E-state index in [-0.39, 0.29) is 6.04 Å². The smallest absolute Gasteiger partial charge is 0.407 e. The lowest BCUT2D eigenvalue weighted by molar-refractivity contribution is 0.112. The molecule has 0 radical (unpaired) electrons. The van der Waals surface area contributed by atoms with Crippen LogP contribution in [0.3, 0.4) is 0 Å². The summed E-state index contributed by atoms with van der Waals surface area (Å²) in [6.07, 6.45) is 0.728. The number of aromatic nitrogens is 1. The van der Waals surface area contributed by atoms with E-state index in [9.17, 15) is 4.79 Å². The van der Waals surface area contributed by atoms with E-state index in [1.165, 1.54) is 4.90 Å². The number of carboxylic acid groups (broad SMARTS) is 1. The first-order chi connectivity index (χ1) is 7.68. The molecule has 6 heteroatoms. The minimum Gasteiger partial charge on any atom is -0.465 e. The Kier molecular flexibility index (Phi) is 2.91. The first-order valence-corrected chi connectivity index (χ1v) is 5.10. The molecule has 1 aromatic heterocycles. The van der Waals surface area contributed by atoms with Gasteiger partial charge in [0.15, 0.2) is 0 Å². The van der Waals surface area contributed by atoms with Gasteiger partial charge in [-0.2, -0.15) is 0 Å². The molecule has 0 bridgehead atoms. The third-order valence-corrected chi connectivity index (χ3v) is 2.68. The molecule has 86 valence electrons. The van der Waals surface area contributed by atoms with E-state index >= 15 is 0 Å². The summed E-state index contributed by atoms with van der Waals surface area (Å²) in [5.41, 5.74) is 6.36. The Labute approximate surface area is 93.1 Å². The number of pyridine rings is 1. The average molecular weight is 222 g/mol. The van der Waals surface area contributed by atoms with Crippen LogP contribution in [0, 0.1) is 0 Å². The molecule has 0 spiro atoms. The summed E-state index contributed by atoms with van der Waals surface area (Å²) >= 11 is 0. The fraction of sp³-hybridized carbons (Fsp3) is 0.400. The second-order valence-electron chi connectivity index (χ2n) is 3.71. The van der Waals surface area contributed by atoms with Crippen molar-refractivity contribution in [3.8, 4) is 0 Å². The molecule has 1 aliphatic rings. The fourth-order valence-corrected chi connectivity index (χ4v) is 1.84. The largest absolute Gasteiger partial charge is 0.465 e. The highest BCUT2D eigenvalue weighted by atomic mass is 16.4. The van der Waals surface area contributed by atoms with Crippen molar-refractivity contribution in [2.24, 2.45) is 0 Å². The highest BCUT2D eigenvalue weighted by Crippen LogP contribution is 2.21. The molecule has 1 atom stereocenters. The van der Waals surface area contributed by atoms with Crippen LogP contribution in [0.15, 0.2) is 18.3 Å². The SMILES string of the molecule is Nc1ccc(C2CNCCN2C(=O)O)cn1. The molecule has 16 heavy (non-hydrogen) atoms. The molecular formula is C10H14N4O2. The van der Waals surface area contributed by atoms with Crippen molar-refractivity contribution in [1.29, 1.82) is 0 Å². The van der Waals surface area contributed by atoms with E-state index in [4.69, 9.17) is 10.8 Å². The molecule has 1 aliphatic heterocycles. The van der Waals surface area contributed by atoms with Gasteiger partial charge in [-0.05, 0) is 11.6 Å². The Morgan fingerprint density at radius 2 is 2.44 bits per heavy atom. The van der Waals surface area contributed by atoms with Gasteiger partial charge >= 0.3 is 6.09 Å². The molecule has 2 heterocycles. The molecule has 0 aromatic carbocycles. The summed E-state index contributed by atoms with van der Waals surface area (Å²) in [7, 11) is 0. The average Bonchev–Trinajstić information content (AvgIpc) is 2.30. The topological polar surface area (TPSA) is 91.5 Å². The lowest BCUT2D eigenvalue weighted by Crippen LogP contribution is -2.48. The Balaban J connectivity index is 2.23. The second kappa shape index (κ2) is 4.36. The van der Waals surface area contributed by atoms with Crippen molar-refractivity contribution < 1.29 is 9.90 Å². The summed E-state index contributed by atoms with van der Waals surface area (Å²) in [6, 6.07) is 3.32. The van der Waals surface area contributed by atoms with Crippen LogP contribution < -0.4 is 11.1 Å². The van der Waals surface area contributed by atoms with E-state index in [2.05, 4.69) is 10.3 Å². The molecule has 1 fully saturated rings. The van der Waals surface area contributed by atoms with E-state index in [1.54, 1.807) is 12.3 Å². The zero-order valence-electron chi connectivity index (χ0n) is 8.76. The highest BCUT2D eigenvalue weighted by Gasteiger charge is 2.27. The number of nitrogens with zero attached hydrogens (tertiary/aromatic N) is 2. The number of rotatable bonds is 1. The molecule has 1 amide bonds. The van der Waals surface area contributed by atoms with Crippen LogP contribution in [0.1, 0.15) is 11.6 Å². The van der Waals surface area contributed by atoms with Gasteiger partial charge in [-0.3, -0.25) is 4.90 Å². The fourth-order valence-electron chi connectivity index (χ4n) is 1.84. The monoisotopic (exact) mass is 222 g/mol. The van der Waals surface area contributed by atoms with Gasteiger partial charge in [0, 0.05) is 25.8 Å². The van der Waals surface area contributed by atoms with Gasteiger partial charge < -0.3 is 16.2 Å². The van der Waals surface area contributed by atoms with E-state index < -0.39 is 6.09 Å². The van der Waals surface area contributed by atoms with Gasteiger partial charge in [-0.1, -0.05) is 6.07 Å². The van der Waals surface area contributed by atoms with Gasteiger partial charge in [0.25, 0.3) is 0 Å². The summed E-state index contributed by atoms with van der Waals surface area (Å²) in [4.78, 5) is 16.5. The molecular weight excluding hydrogens is 208 g/mol. The van der Waals surface area contributed by atoms with Crippen molar-refractivity contribution in [3.63, 3.8) is 0 Å². The Morgan fingerprint density at radius 3 is 3.06 bits per heavy atom. The van der Waals surface area contributed by atoms with Crippen molar-refractivity contribution in [1.82, 2.24) is 15.2 Å². The van der Waals surface area contributed by atoms with Crippen molar-refractivity contribution >= 4 is 11.9 Å². The number of amides is 1. The maximum absolute atomic E-state index is 11.1. The van der Waals surface area contributed by atoms with Crippen LogP contribution in [-0.2, 0) is 0 Å². The van der Waals surface area contributed by atoms with E-state index in [1.807, 2.05) is 6.07 Å². The number of piperazine rings is 1. The molecule has 6 nitrogen and oxygen atoms in total. The van der Waals surface area contributed by atoms with Gasteiger partial charge in [0.2, 0.25) is 0 Å². The van der Waals surface area contributed by atoms with Gasteiger partial charge in [-0.15, -0.1) is 0 Å². The van der Waals surface area contributed by atoms with Gasteiger partial charge in [0.05, 0.1) is 6.04 Å². The quantitative estimate of drug-likeness (QED) is 0.635. The lowest BCUT2D eigenvalue weighted by Gasteiger charge is -2.34. The summed E-state index contributed by atoms with van der Waals surface area (Å²) in [6.45, 7) is 1.79. The third-order valence-electron chi connectivity index (χ3n) is 2.68. The maximum Gasteiger partial charge on any atom is 0.407 e. The van der Waals surface area contributed by atoms with Crippen molar-refractivity contribution in [2.75, 3.05) is 25.4 Å². The predicted octanol–water partition coefficient (Wildman–Crippen LogP) is 0.288. The van der Waals surface area contributed by atoms with Crippen LogP contribution in [0.4, 0.5) is 10.6 Å². The minimum atomic E-state index is -0.900. The molecule has 1 saturated heterocycles. The van der Waals surface area contributed by atoms with Crippen LogP contribution >= 0.6 is 0 Å². The Hall–Kier alpha value is -1.82. The number of carbonyl (C=O) groups is 1. The molecule has 0 saturated carbocycles. The predicted molar refractivity (Wildman–Crippen MR) is 59.0 cm³/mol. The number of anilines is 1. The number of hydrogen-bond donors (Lipinski definition) is 3. The summed E-state index contributed by atoms with van der Waals surface area (Å²) < 4.78 is 0. The normalized spacial score (nSPS) is 20.8. The zero-order chi connectivity index (χ0) is 11.5. The number of nitrogen functional groups attached to an aromatic ring is 1. The Bertz CT molecular complexity index is 379. The van der Waals surface area contributed by atoms with Crippen LogP contribution in [0.25, 0.3) is 0 Å². The zero-order valence-corrected chi connectivity index (χ0v) is 8.76. The standard InChI is InChI=1S/C10H14N4O2/c11-9-2-1-7(5-13-9)8-6-12-3-4-14(8)10(15)16/h1-2,5,8,12H,3-4,6H2,(H2,11,13)(H,15,16). The molecule has 4 N–H and O–H groups in total. The van der Waals surface area contributed by atoms with Crippen molar-refractivity contribution in [3.05, 3.63) is 23.9 Å². The molecule has 1 aromatic rings. The minimum absolute atomic E-state index is 0.181.